The van der Waals surface area contributed by atoms with E-state index in [9.17, 15) is 4.39 Å². The van der Waals surface area contributed by atoms with Crippen LogP contribution in [0.25, 0.3) is 0 Å². The van der Waals surface area contributed by atoms with Crippen LogP contribution in [0.15, 0.2) is 12.1 Å². The SMILES string of the molecule is Cc1ccc(Cl)c(CC(C)O)c1F. The number of rotatable bonds is 2. The van der Waals surface area contributed by atoms with E-state index in [0.717, 1.165) is 0 Å². The largest absolute Gasteiger partial charge is 0.393 e. The van der Waals surface area contributed by atoms with E-state index < -0.39 is 6.10 Å². The molecule has 1 aromatic carbocycles. The molecule has 0 bridgehead atoms. The average Bonchev–Trinajstić information content (AvgIpc) is 2.05. The normalized spacial score (nSPS) is 13.0. The summed E-state index contributed by atoms with van der Waals surface area (Å²) in [5, 5.41) is 9.50. The highest BCUT2D eigenvalue weighted by atomic mass is 35.5. The third-order valence-electron chi connectivity index (χ3n) is 1.88. The maximum Gasteiger partial charge on any atom is 0.130 e. The van der Waals surface area contributed by atoms with Crippen LogP contribution in [0.5, 0.6) is 0 Å². The lowest BCUT2D eigenvalue weighted by Gasteiger charge is -2.09. The molecule has 1 atom stereocenters. The van der Waals surface area contributed by atoms with Gasteiger partial charge in [0.15, 0.2) is 0 Å². The third kappa shape index (κ3) is 2.42. The standard InChI is InChI=1S/C10H12ClFO/c1-6-3-4-9(11)8(10(6)12)5-7(2)13/h3-4,7,13H,5H2,1-2H3. The van der Waals surface area contributed by atoms with E-state index >= 15 is 0 Å². The Morgan fingerprint density at radius 3 is 2.69 bits per heavy atom. The van der Waals surface area contributed by atoms with Crippen LogP contribution >= 0.6 is 11.6 Å². The van der Waals surface area contributed by atoms with Gasteiger partial charge in [-0.3, -0.25) is 0 Å². The highest BCUT2D eigenvalue weighted by molar-refractivity contribution is 6.31. The van der Waals surface area contributed by atoms with Crippen molar-refractivity contribution in [1.29, 1.82) is 0 Å². The molecule has 0 aromatic heterocycles. The van der Waals surface area contributed by atoms with Crippen LogP contribution in [-0.2, 0) is 6.42 Å². The van der Waals surface area contributed by atoms with Crippen molar-refractivity contribution >= 4 is 11.6 Å². The number of halogens is 2. The summed E-state index contributed by atoms with van der Waals surface area (Å²) < 4.78 is 13.4. The van der Waals surface area contributed by atoms with Gasteiger partial charge in [0.1, 0.15) is 5.82 Å². The molecule has 0 saturated carbocycles. The fraction of sp³-hybridized carbons (Fsp3) is 0.400. The van der Waals surface area contributed by atoms with E-state index in [-0.39, 0.29) is 12.2 Å². The molecule has 0 spiro atoms. The number of hydrogen-bond acceptors (Lipinski definition) is 1. The Bertz CT molecular complexity index is 310. The summed E-state index contributed by atoms with van der Waals surface area (Å²) in [6.45, 7) is 3.29. The molecule has 1 N–H and O–H groups in total. The Balaban J connectivity index is 3.10. The van der Waals surface area contributed by atoms with Gasteiger partial charge in [-0.2, -0.15) is 0 Å². The number of aliphatic hydroxyl groups is 1. The molecule has 0 fully saturated rings. The van der Waals surface area contributed by atoms with Gasteiger partial charge in [-0.05, 0) is 25.5 Å². The lowest BCUT2D eigenvalue weighted by Crippen LogP contribution is -2.07. The van der Waals surface area contributed by atoms with Crippen molar-refractivity contribution in [2.24, 2.45) is 0 Å². The molecule has 72 valence electrons. The lowest BCUT2D eigenvalue weighted by molar-refractivity contribution is 0.194. The van der Waals surface area contributed by atoms with Crippen molar-refractivity contribution in [1.82, 2.24) is 0 Å². The summed E-state index contributed by atoms with van der Waals surface area (Å²) in [5.74, 6) is -0.312. The molecule has 1 aromatic rings. The zero-order valence-electron chi connectivity index (χ0n) is 7.64. The third-order valence-corrected chi connectivity index (χ3v) is 2.23. The first-order valence-electron chi connectivity index (χ1n) is 4.14. The monoisotopic (exact) mass is 202 g/mol. The van der Waals surface area contributed by atoms with Crippen molar-refractivity contribution in [3.8, 4) is 0 Å². The fourth-order valence-electron chi connectivity index (χ4n) is 1.20. The van der Waals surface area contributed by atoms with Crippen LogP contribution in [0.3, 0.4) is 0 Å². The van der Waals surface area contributed by atoms with E-state index in [2.05, 4.69) is 0 Å². The van der Waals surface area contributed by atoms with Gasteiger partial charge in [0.05, 0.1) is 6.10 Å². The first-order chi connectivity index (χ1) is 6.02. The van der Waals surface area contributed by atoms with Crippen molar-refractivity contribution < 1.29 is 9.50 Å². The van der Waals surface area contributed by atoms with Crippen LogP contribution in [0.2, 0.25) is 5.02 Å². The Hall–Kier alpha value is -0.600. The first kappa shape index (κ1) is 10.5. The molecule has 1 nitrogen and oxygen atoms in total. The van der Waals surface area contributed by atoms with Gasteiger partial charge in [0, 0.05) is 17.0 Å². The summed E-state index contributed by atoms with van der Waals surface area (Å²) in [6.07, 6.45) is -0.319. The predicted molar refractivity (Wildman–Crippen MR) is 51.5 cm³/mol. The van der Waals surface area contributed by atoms with Crippen LogP contribution in [-0.4, -0.2) is 11.2 Å². The van der Waals surface area contributed by atoms with E-state index in [0.29, 0.717) is 16.1 Å². The summed E-state index contributed by atoms with van der Waals surface area (Å²) in [6, 6.07) is 3.28. The van der Waals surface area contributed by atoms with Gasteiger partial charge >= 0.3 is 0 Å². The van der Waals surface area contributed by atoms with Gasteiger partial charge in [-0.15, -0.1) is 0 Å². The van der Waals surface area contributed by atoms with Gasteiger partial charge < -0.3 is 5.11 Å². The molecule has 0 saturated heterocycles. The minimum atomic E-state index is -0.575. The summed E-state index contributed by atoms with van der Waals surface area (Å²) in [4.78, 5) is 0. The molecule has 0 amide bonds. The second-order valence-electron chi connectivity index (χ2n) is 3.21. The van der Waals surface area contributed by atoms with Crippen LogP contribution in [0.1, 0.15) is 18.1 Å². The van der Waals surface area contributed by atoms with Crippen LogP contribution < -0.4 is 0 Å². The van der Waals surface area contributed by atoms with Crippen molar-refractivity contribution in [3.05, 3.63) is 34.1 Å². The van der Waals surface area contributed by atoms with Gasteiger partial charge in [-0.1, -0.05) is 17.7 Å². The first-order valence-corrected chi connectivity index (χ1v) is 4.51. The Morgan fingerprint density at radius 1 is 1.54 bits per heavy atom. The van der Waals surface area contributed by atoms with Gasteiger partial charge in [0.25, 0.3) is 0 Å². The quantitative estimate of drug-likeness (QED) is 0.782. The van der Waals surface area contributed by atoms with Crippen molar-refractivity contribution in [2.75, 3.05) is 0 Å². The summed E-state index contributed by atoms with van der Waals surface area (Å²) in [5.41, 5.74) is 0.955. The van der Waals surface area contributed by atoms with Crippen LogP contribution in [0, 0.1) is 12.7 Å². The number of benzene rings is 1. The maximum absolute atomic E-state index is 13.4. The topological polar surface area (TPSA) is 20.2 Å². The van der Waals surface area contributed by atoms with E-state index in [1.165, 1.54) is 0 Å². The summed E-state index contributed by atoms with van der Waals surface area (Å²) >= 11 is 5.79. The zero-order valence-corrected chi connectivity index (χ0v) is 8.40. The molecular weight excluding hydrogens is 191 g/mol. The molecular formula is C10H12ClFO. The highest BCUT2D eigenvalue weighted by Crippen LogP contribution is 2.23. The average molecular weight is 203 g/mol. The molecule has 13 heavy (non-hydrogen) atoms. The molecule has 3 heteroatoms. The van der Waals surface area contributed by atoms with E-state index in [1.54, 1.807) is 26.0 Å². The molecule has 1 rings (SSSR count). The lowest BCUT2D eigenvalue weighted by atomic mass is 10.1. The van der Waals surface area contributed by atoms with E-state index in [4.69, 9.17) is 16.7 Å². The minimum absolute atomic E-state index is 0.256. The second kappa shape index (κ2) is 4.07. The van der Waals surface area contributed by atoms with Gasteiger partial charge in [0.2, 0.25) is 0 Å². The molecule has 0 aliphatic heterocycles. The second-order valence-corrected chi connectivity index (χ2v) is 3.62. The van der Waals surface area contributed by atoms with Crippen LogP contribution in [0.4, 0.5) is 4.39 Å². The molecule has 0 aliphatic rings. The Labute approximate surface area is 82.2 Å². The Morgan fingerprint density at radius 2 is 2.15 bits per heavy atom. The Kier molecular flexibility index (Phi) is 3.28. The predicted octanol–water partition coefficient (Wildman–Crippen LogP) is 2.71. The van der Waals surface area contributed by atoms with Crippen molar-refractivity contribution in [3.63, 3.8) is 0 Å². The zero-order chi connectivity index (χ0) is 10.0. The van der Waals surface area contributed by atoms with Crippen molar-refractivity contribution in [2.45, 2.75) is 26.4 Å². The number of hydrogen-bond donors (Lipinski definition) is 1. The maximum atomic E-state index is 13.4. The molecule has 0 heterocycles. The molecule has 0 aliphatic carbocycles. The molecule has 1 unspecified atom stereocenters. The van der Waals surface area contributed by atoms with E-state index in [1.807, 2.05) is 0 Å². The van der Waals surface area contributed by atoms with Gasteiger partial charge in [-0.25, -0.2) is 4.39 Å². The number of aliphatic hydroxyl groups excluding tert-OH is 1. The minimum Gasteiger partial charge on any atom is -0.393 e. The fourth-order valence-corrected chi connectivity index (χ4v) is 1.42. The molecule has 0 radical (unpaired) electrons. The smallest absolute Gasteiger partial charge is 0.130 e. The highest BCUT2D eigenvalue weighted by Gasteiger charge is 2.11. The number of aryl methyl sites for hydroxylation is 1. The summed E-state index contributed by atoms with van der Waals surface area (Å²) in [7, 11) is 0.